The van der Waals surface area contributed by atoms with Crippen LogP contribution in [0.2, 0.25) is 5.02 Å². The molecule has 2 rings (SSSR count). The Morgan fingerprint density at radius 3 is 2.85 bits per heavy atom. The maximum Gasteiger partial charge on any atom is 0.262 e. The third-order valence-electron chi connectivity index (χ3n) is 2.83. The molecule has 1 heterocycles. The molecule has 0 spiro atoms. The monoisotopic (exact) mass is 318 g/mol. The van der Waals surface area contributed by atoms with E-state index in [1.54, 1.807) is 19.1 Å². The molecule has 1 aromatic carbocycles. The number of nitrogens with zero attached hydrogens (tertiary/aromatic N) is 1. The van der Waals surface area contributed by atoms with Gasteiger partial charge in [0.1, 0.15) is 5.75 Å². The Bertz CT molecular complexity index is 632. The molecule has 0 bridgehead atoms. The minimum Gasteiger partial charge on any atom is -0.476 e. The van der Waals surface area contributed by atoms with Crippen molar-refractivity contribution >= 4 is 33.2 Å². The highest BCUT2D eigenvalue weighted by molar-refractivity contribution is 7.92. The van der Waals surface area contributed by atoms with Crippen LogP contribution < -0.4 is 14.4 Å². The number of ether oxygens (including phenoxy) is 1. The van der Waals surface area contributed by atoms with E-state index in [1.165, 1.54) is 6.07 Å². The van der Waals surface area contributed by atoms with E-state index in [2.05, 4.69) is 5.32 Å². The summed E-state index contributed by atoms with van der Waals surface area (Å²) in [7, 11) is -3.52. The first kappa shape index (κ1) is 14.9. The Balaban J connectivity index is 2.42. The zero-order chi connectivity index (χ0) is 14.9. The Kier molecular flexibility index (Phi) is 4.10. The van der Waals surface area contributed by atoms with Crippen molar-refractivity contribution in [2.45, 2.75) is 13.0 Å². The third-order valence-corrected chi connectivity index (χ3v) is 4.22. The standard InChI is InChI=1S/C12H15ClN2O4S/c1-3-14-12(16)11-7-15(20(2,17)18)9-6-8(13)4-5-10(9)19-11/h4-6,11H,3,7H2,1-2H3,(H,14,16)/t11-/m1/s1. The third kappa shape index (κ3) is 2.99. The fourth-order valence-electron chi connectivity index (χ4n) is 1.96. The van der Waals surface area contributed by atoms with Crippen LogP contribution in [0, 0.1) is 0 Å². The fraction of sp³-hybridized carbons (Fsp3) is 0.417. The summed E-state index contributed by atoms with van der Waals surface area (Å²) in [4.78, 5) is 11.9. The second-order valence-corrected chi connectivity index (χ2v) is 6.75. The Morgan fingerprint density at radius 2 is 2.25 bits per heavy atom. The first-order chi connectivity index (χ1) is 9.32. The molecule has 0 saturated carbocycles. The molecule has 0 aromatic heterocycles. The molecule has 8 heteroatoms. The summed E-state index contributed by atoms with van der Waals surface area (Å²) in [5.41, 5.74) is 0.348. The van der Waals surface area contributed by atoms with E-state index in [4.69, 9.17) is 16.3 Å². The van der Waals surface area contributed by atoms with Crippen molar-refractivity contribution in [1.82, 2.24) is 5.32 Å². The highest BCUT2D eigenvalue weighted by atomic mass is 35.5. The second-order valence-electron chi connectivity index (χ2n) is 4.41. The molecule has 6 nitrogen and oxygen atoms in total. The molecule has 1 aliphatic rings. The summed E-state index contributed by atoms with van der Waals surface area (Å²) in [5, 5.41) is 3.02. The number of amides is 1. The van der Waals surface area contributed by atoms with Gasteiger partial charge >= 0.3 is 0 Å². The average molecular weight is 319 g/mol. The predicted octanol–water partition coefficient (Wildman–Crippen LogP) is 1.00. The number of halogens is 1. The number of hydrogen-bond acceptors (Lipinski definition) is 4. The summed E-state index contributed by atoms with van der Waals surface area (Å²) in [6.45, 7) is 2.16. The van der Waals surface area contributed by atoms with Crippen molar-refractivity contribution in [3.05, 3.63) is 23.2 Å². The number of likely N-dealkylation sites (N-methyl/N-ethyl adjacent to an activating group) is 1. The summed E-state index contributed by atoms with van der Waals surface area (Å²) in [5.74, 6) is -0.0240. The predicted molar refractivity (Wildman–Crippen MR) is 76.7 cm³/mol. The van der Waals surface area contributed by atoms with Crippen LogP contribution in [0.4, 0.5) is 5.69 Å². The van der Waals surface area contributed by atoms with Gasteiger partial charge < -0.3 is 10.1 Å². The van der Waals surface area contributed by atoms with E-state index >= 15 is 0 Å². The largest absolute Gasteiger partial charge is 0.476 e. The average Bonchev–Trinajstić information content (AvgIpc) is 2.36. The molecular weight excluding hydrogens is 304 g/mol. The number of carbonyl (C=O) groups is 1. The van der Waals surface area contributed by atoms with Crippen LogP contribution in [-0.2, 0) is 14.8 Å². The summed E-state index contributed by atoms with van der Waals surface area (Å²) in [6.07, 6.45) is 0.205. The van der Waals surface area contributed by atoms with E-state index in [9.17, 15) is 13.2 Å². The number of benzene rings is 1. The Morgan fingerprint density at radius 1 is 1.55 bits per heavy atom. The summed E-state index contributed by atoms with van der Waals surface area (Å²) in [6, 6.07) is 4.65. The minimum atomic E-state index is -3.52. The number of sulfonamides is 1. The molecule has 1 aliphatic heterocycles. The maximum atomic E-state index is 11.9. The zero-order valence-corrected chi connectivity index (χ0v) is 12.7. The van der Waals surface area contributed by atoms with Gasteiger partial charge in [-0.05, 0) is 25.1 Å². The van der Waals surface area contributed by atoms with E-state index in [0.717, 1.165) is 10.6 Å². The van der Waals surface area contributed by atoms with Crippen molar-refractivity contribution < 1.29 is 17.9 Å². The highest BCUT2D eigenvalue weighted by Crippen LogP contribution is 2.36. The van der Waals surface area contributed by atoms with Crippen LogP contribution in [0.3, 0.4) is 0 Å². The van der Waals surface area contributed by atoms with Gasteiger partial charge in [0.15, 0.2) is 6.10 Å². The lowest BCUT2D eigenvalue weighted by molar-refractivity contribution is -0.127. The maximum absolute atomic E-state index is 11.9. The normalized spacial score (nSPS) is 18.1. The van der Waals surface area contributed by atoms with E-state index < -0.39 is 16.1 Å². The fourth-order valence-corrected chi connectivity index (χ4v) is 3.04. The van der Waals surface area contributed by atoms with E-state index in [0.29, 0.717) is 23.0 Å². The van der Waals surface area contributed by atoms with Crippen LogP contribution >= 0.6 is 11.6 Å². The molecule has 20 heavy (non-hydrogen) atoms. The van der Waals surface area contributed by atoms with Crippen molar-refractivity contribution in [1.29, 1.82) is 0 Å². The van der Waals surface area contributed by atoms with Crippen LogP contribution in [0.15, 0.2) is 18.2 Å². The van der Waals surface area contributed by atoms with Gasteiger partial charge in [-0.2, -0.15) is 0 Å². The van der Waals surface area contributed by atoms with Crippen molar-refractivity contribution in [2.24, 2.45) is 0 Å². The van der Waals surface area contributed by atoms with Gasteiger partial charge in [0.2, 0.25) is 10.0 Å². The van der Waals surface area contributed by atoms with Gasteiger partial charge in [-0.3, -0.25) is 9.10 Å². The van der Waals surface area contributed by atoms with Gasteiger partial charge in [-0.15, -0.1) is 0 Å². The molecule has 1 aromatic rings. The van der Waals surface area contributed by atoms with Crippen LogP contribution in [0.25, 0.3) is 0 Å². The molecule has 0 radical (unpaired) electrons. The first-order valence-corrected chi connectivity index (χ1v) is 8.27. The molecule has 0 saturated heterocycles. The topological polar surface area (TPSA) is 75.7 Å². The lowest BCUT2D eigenvalue weighted by Gasteiger charge is -2.33. The molecule has 0 fully saturated rings. The van der Waals surface area contributed by atoms with Gasteiger partial charge in [-0.1, -0.05) is 11.6 Å². The molecule has 1 amide bonds. The second kappa shape index (κ2) is 5.49. The Labute approximate surface area is 122 Å². The highest BCUT2D eigenvalue weighted by Gasteiger charge is 2.34. The smallest absolute Gasteiger partial charge is 0.262 e. The van der Waals surface area contributed by atoms with Gasteiger partial charge in [0.25, 0.3) is 5.91 Å². The lowest BCUT2D eigenvalue weighted by atomic mass is 10.2. The van der Waals surface area contributed by atoms with Crippen molar-refractivity contribution in [2.75, 3.05) is 23.7 Å². The molecule has 0 unspecified atom stereocenters. The molecule has 1 atom stereocenters. The molecule has 110 valence electrons. The van der Waals surface area contributed by atoms with Gasteiger partial charge in [0.05, 0.1) is 18.5 Å². The SMILES string of the molecule is CCNC(=O)[C@H]1CN(S(C)(=O)=O)c2cc(Cl)ccc2O1. The minimum absolute atomic E-state index is 0.0714. The summed E-state index contributed by atoms with van der Waals surface area (Å²) >= 11 is 5.88. The van der Waals surface area contributed by atoms with Crippen molar-refractivity contribution in [3.8, 4) is 5.75 Å². The molecule has 0 aliphatic carbocycles. The zero-order valence-electron chi connectivity index (χ0n) is 11.1. The number of hydrogen-bond donors (Lipinski definition) is 1. The number of carbonyl (C=O) groups excluding carboxylic acids is 1. The number of anilines is 1. The first-order valence-electron chi connectivity index (χ1n) is 6.04. The van der Waals surface area contributed by atoms with E-state index in [1.807, 2.05) is 0 Å². The Hall–Kier alpha value is -1.47. The van der Waals surface area contributed by atoms with Crippen molar-refractivity contribution in [3.63, 3.8) is 0 Å². The van der Waals surface area contributed by atoms with E-state index in [-0.39, 0.29) is 12.5 Å². The quantitative estimate of drug-likeness (QED) is 0.902. The molecular formula is C12H15ClN2O4S. The number of nitrogens with one attached hydrogen (secondary N) is 1. The van der Waals surface area contributed by atoms with Crippen LogP contribution in [-0.4, -0.2) is 39.8 Å². The van der Waals surface area contributed by atoms with Crippen LogP contribution in [0.1, 0.15) is 6.92 Å². The number of fused-ring (bicyclic) bond motifs is 1. The lowest BCUT2D eigenvalue weighted by Crippen LogP contribution is -2.50. The van der Waals surface area contributed by atoms with Crippen LogP contribution in [0.5, 0.6) is 5.75 Å². The molecule has 1 N–H and O–H groups in total. The number of rotatable bonds is 3. The van der Waals surface area contributed by atoms with Gasteiger partial charge in [-0.25, -0.2) is 8.42 Å². The van der Waals surface area contributed by atoms with Gasteiger partial charge in [0, 0.05) is 11.6 Å². The summed E-state index contributed by atoms with van der Waals surface area (Å²) < 4.78 is 30.5.